The number of anilines is 1. The molecule has 0 saturated carbocycles. The van der Waals surface area contributed by atoms with Gasteiger partial charge in [0.25, 0.3) is 0 Å². The molecule has 2 rings (SSSR count). The minimum absolute atomic E-state index is 0.452. The van der Waals surface area contributed by atoms with Crippen LogP contribution in [0.15, 0.2) is 35.2 Å². The fraction of sp³-hybridized carbons (Fsp3) is 0.250. The van der Waals surface area contributed by atoms with Crippen LogP contribution < -0.4 is 5.32 Å². The second-order valence-electron chi connectivity index (χ2n) is 4.31. The standard InChI is InChI=1S/C12H12BrClN4/c1-12(2,10-9(14)4-3-5-15-10)18-11-16-6-8(13)7-17-11/h3-7H,1-2H3,(H,16,17,18). The number of hydrogen-bond acceptors (Lipinski definition) is 4. The molecule has 0 atom stereocenters. The smallest absolute Gasteiger partial charge is 0.223 e. The summed E-state index contributed by atoms with van der Waals surface area (Å²) in [5.74, 6) is 0.532. The van der Waals surface area contributed by atoms with Gasteiger partial charge in [0.2, 0.25) is 5.95 Å². The van der Waals surface area contributed by atoms with Crippen LogP contribution in [0.3, 0.4) is 0 Å². The Kier molecular flexibility index (Phi) is 3.82. The van der Waals surface area contributed by atoms with Crippen molar-refractivity contribution in [2.24, 2.45) is 0 Å². The summed E-state index contributed by atoms with van der Waals surface area (Å²) in [5, 5.41) is 3.83. The first-order chi connectivity index (χ1) is 8.49. The lowest BCUT2D eigenvalue weighted by Crippen LogP contribution is -2.30. The Labute approximate surface area is 119 Å². The molecular formula is C12H12BrClN4. The predicted octanol–water partition coefficient (Wildman–Crippen LogP) is 3.63. The molecule has 0 aliphatic carbocycles. The van der Waals surface area contributed by atoms with E-state index in [1.54, 1.807) is 24.7 Å². The molecule has 0 saturated heterocycles. The molecule has 94 valence electrons. The van der Waals surface area contributed by atoms with Gasteiger partial charge < -0.3 is 5.32 Å². The summed E-state index contributed by atoms with van der Waals surface area (Å²) in [6.07, 6.45) is 5.09. The van der Waals surface area contributed by atoms with E-state index in [1.807, 2.05) is 19.9 Å². The number of halogens is 2. The fourth-order valence-corrected chi connectivity index (χ4v) is 2.12. The molecule has 18 heavy (non-hydrogen) atoms. The topological polar surface area (TPSA) is 50.7 Å². The van der Waals surface area contributed by atoms with Crippen molar-refractivity contribution >= 4 is 33.5 Å². The molecule has 0 spiro atoms. The van der Waals surface area contributed by atoms with E-state index in [9.17, 15) is 0 Å². The van der Waals surface area contributed by atoms with Gasteiger partial charge in [0.1, 0.15) is 0 Å². The van der Waals surface area contributed by atoms with Crippen molar-refractivity contribution in [3.63, 3.8) is 0 Å². The third-order valence-corrected chi connectivity index (χ3v) is 3.11. The molecule has 0 aromatic carbocycles. The second kappa shape index (κ2) is 5.20. The van der Waals surface area contributed by atoms with Crippen molar-refractivity contribution in [2.45, 2.75) is 19.4 Å². The van der Waals surface area contributed by atoms with Gasteiger partial charge in [-0.15, -0.1) is 0 Å². The largest absolute Gasteiger partial charge is 0.344 e. The van der Waals surface area contributed by atoms with Crippen LogP contribution in [-0.2, 0) is 5.54 Å². The minimum atomic E-state index is -0.452. The number of pyridine rings is 1. The first-order valence-electron chi connectivity index (χ1n) is 5.36. The van der Waals surface area contributed by atoms with E-state index in [-0.39, 0.29) is 0 Å². The Bertz CT molecular complexity index is 542. The van der Waals surface area contributed by atoms with Crippen LogP contribution in [0.25, 0.3) is 0 Å². The maximum absolute atomic E-state index is 6.15. The summed E-state index contributed by atoms with van der Waals surface area (Å²) >= 11 is 9.44. The molecule has 0 aliphatic rings. The third-order valence-electron chi connectivity index (χ3n) is 2.40. The monoisotopic (exact) mass is 326 g/mol. The number of nitrogens with zero attached hydrogens (tertiary/aromatic N) is 3. The van der Waals surface area contributed by atoms with E-state index in [1.165, 1.54) is 0 Å². The van der Waals surface area contributed by atoms with Gasteiger partial charge in [0, 0.05) is 18.6 Å². The average molecular weight is 328 g/mol. The highest BCUT2D eigenvalue weighted by Crippen LogP contribution is 2.27. The van der Waals surface area contributed by atoms with Gasteiger partial charge in [-0.3, -0.25) is 4.98 Å². The van der Waals surface area contributed by atoms with E-state index in [0.29, 0.717) is 11.0 Å². The lowest BCUT2D eigenvalue weighted by molar-refractivity contribution is 0.580. The number of hydrogen-bond donors (Lipinski definition) is 1. The maximum atomic E-state index is 6.15. The van der Waals surface area contributed by atoms with E-state index in [0.717, 1.165) is 10.2 Å². The molecule has 0 fully saturated rings. The number of rotatable bonds is 3. The summed E-state index contributed by atoms with van der Waals surface area (Å²) in [6.45, 7) is 3.96. The molecule has 0 amide bonds. The van der Waals surface area contributed by atoms with Crippen molar-refractivity contribution in [3.05, 3.63) is 45.9 Å². The summed E-state index contributed by atoms with van der Waals surface area (Å²) in [5.41, 5.74) is 0.310. The normalized spacial score (nSPS) is 11.3. The van der Waals surface area contributed by atoms with Crippen molar-refractivity contribution in [1.29, 1.82) is 0 Å². The van der Waals surface area contributed by atoms with Crippen molar-refractivity contribution in [3.8, 4) is 0 Å². The van der Waals surface area contributed by atoms with Gasteiger partial charge in [0.15, 0.2) is 0 Å². The van der Waals surface area contributed by atoms with Gasteiger partial charge in [0.05, 0.1) is 20.7 Å². The van der Waals surface area contributed by atoms with Crippen LogP contribution in [0.5, 0.6) is 0 Å². The van der Waals surface area contributed by atoms with Gasteiger partial charge in [-0.25, -0.2) is 9.97 Å². The van der Waals surface area contributed by atoms with Crippen molar-refractivity contribution < 1.29 is 0 Å². The molecule has 1 N–H and O–H groups in total. The Morgan fingerprint density at radius 1 is 1.22 bits per heavy atom. The Hall–Kier alpha value is -1.20. The Morgan fingerprint density at radius 2 is 1.89 bits per heavy atom. The van der Waals surface area contributed by atoms with Crippen LogP contribution in [0.2, 0.25) is 5.02 Å². The molecule has 0 bridgehead atoms. The molecular weight excluding hydrogens is 316 g/mol. The molecule has 0 radical (unpaired) electrons. The van der Waals surface area contributed by atoms with Gasteiger partial charge in [-0.1, -0.05) is 11.6 Å². The fourth-order valence-electron chi connectivity index (χ4n) is 1.56. The predicted molar refractivity (Wildman–Crippen MR) is 75.6 cm³/mol. The van der Waals surface area contributed by atoms with E-state index in [2.05, 4.69) is 36.2 Å². The lowest BCUT2D eigenvalue weighted by atomic mass is 10.00. The third kappa shape index (κ3) is 2.97. The SMILES string of the molecule is CC(C)(Nc1ncc(Br)cn1)c1ncccc1Cl. The summed E-state index contributed by atoms with van der Waals surface area (Å²) < 4.78 is 0.835. The molecule has 6 heteroatoms. The Morgan fingerprint density at radius 3 is 2.50 bits per heavy atom. The molecule has 2 aromatic heterocycles. The zero-order chi connectivity index (χ0) is 13.2. The summed E-state index contributed by atoms with van der Waals surface area (Å²) in [4.78, 5) is 12.7. The van der Waals surface area contributed by atoms with Crippen LogP contribution in [0, 0.1) is 0 Å². The zero-order valence-electron chi connectivity index (χ0n) is 9.98. The lowest BCUT2D eigenvalue weighted by Gasteiger charge is -2.26. The molecule has 2 heterocycles. The molecule has 4 nitrogen and oxygen atoms in total. The van der Waals surface area contributed by atoms with Crippen LogP contribution in [0.4, 0.5) is 5.95 Å². The minimum Gasteiger partial charge on any atom is -0.344 e. The Balaban J connectivity index is 2.27. The summed E-state index contributed by atoms with van der Waals surface area (Å²) in [7, 11) is 0. The number of aromatic nitrogens is 3. The maximum Gasteiger partial charge on any atom is 0.223 e. The highest BCUT2D eigenvalue weighted by Gasteiger charge is 2.25. The second-order valence-corrected chi connectivity index (χ2v) is 5.63. The molecule has 2 aromatic rings. The first kappa shape index (κ1) is 13.2. The van der Waals surface area contributed by atoms with Crippen molar-refractivity contribution in [1.82, 2.24) is 15.0 Å². The highest BCUT2D eigenvalue weighted by atomic mass is 79.9. The number of nitrogens with one attached hydrogen (secondary N) is 1. The van der Waals surface area contributed by atoms with Crippen LogP contribution in [-0.4, -0.2) is 15.0 Å². The van der Waals surface area contributed by atoms with Gasteiger partial charge in [-0.2, -0.15) is 0 Å². The van der Waals surface area contributed by atoms with Gasteiger partial charge >= 0.3 is 0 Å². The van der Waals surface area contributed by atoms with Crippen LogP contribution in [0.1, 0.15) is 19.5 Å². The quantitative estimate of drug-likeness (QED) is 0.935. The first-order valence-corrected chi connectivity index (χ1v) is 6.53. The van der Waals surface area contributed by atoms with Crippen LogP contribution >= 0.6 is 27.5 Å². The summed E-state index contributed by atoms with van der Waals surface area (Å²) in [6, 6.07) is 3.62. The van der Waals surface area contributed by atoms with E-state index in [4.69, 9.17) is 11.6 Å². The van der Waals surface area contributed by atoms with Crippen molar-refractivity contribution in [2.75, 3.05) is 5.32 Å². The highest BCUT2D eigenvalue weighted by molar-refractivity contribution is 9.10. The van der Waals surface area contributed by atoms with E-state index >= 15 is 0 Å². The average Bonchev–Trinajstić information content (AvgIpc) is 2.32. The molecule has 0 aliphatic heterocycles. The molecule has 0 unspecified atom stereocenters. The van der Waals surface area contributed by atoms with E-state index < -0.39 is 5.54 Å². The van der Waals surface area contributed by atoms with Gasteiger partial charge in [-0.05, 0) is 41.9 Å². The zero-order valence-corrected chi connectivity index (χ0v) is 12.3.